The quantitative estimate of drug-likeness (QED) is 0.141. The minimum Gasteiger partial charge on any atom is -0.778 e. The van der Waals surface area contributed by atoms with Gasteiger partial charge >= 0.3 is 0 Å². The number of nitrogens with zero attached hydrogens (tertiary/aromatic N) is 2. The Balaban J connectivity index is 1.25. The highest BCUT2D eigenvalue weighted by Crippen LogP contribution is 2.43. The SMILES string of the molecule is [S-]c1cc2nc(-c3cc(Cl)cc(Cl)c3)sc2cc1N[C@H](c1cc(Cl)cc(Cl)c1)[C@H](Nc1cc2sc(-c3cc(Cl)cc(Cl)c3)nc2cc1[S-])c1cc(Cl)cc(Cl)c1. The van der Waals surface area contributed by atoms with E-state index in [4.69, 9.17) is 128 Å². The summed E-state index contributed by atoms with van der Waals surface area (Å²) in [5, 5.41) is 12.8. The minimum absolute atomic E-state index is 0.451. The van der Waals surface area contributed by atoms with Gasteiger partial charge in [-0.2, -0.15) is 0 Å². The van der Waals surface area contributed by atoms with E-state index in [1.165, 1.54) is 22.7 Å². The molecule has 0 saturated carbocycles. The number of anilines is 2. The van der Waals surface area contributed by atoms with Gasteiger partial charge in [0, 0.05) is 62.7 Å². The monoisotopic (exact) mass is 964 g/mol. The molecule has 0 spiro atoms. The molecule has 0 aliphatic heterocycles. The van der Waals surface area contributed by atoms with Crippen LogP contribution >= 0.6 is 115 Å². The van der Waals surface area contributed by atoms with Crippen LogP contribution in [0.3, 0.4) is 0 Å². The van der Waals surface area contributed by atoms with E-state index in [1.807, 2.05) is 72.8 Å². The molecule has 56 heavy (non-hydrogen) atoms. The maximum Gasteiger partial charge on any atom is 0.124 e. The molecule has 4 nitrogen and oxygen atoms in total. The number of rotatable bonds is 9. The predicted molar refractivity (Wildman–Crippen MR) is 247 cm³/mol. The molecule has 0 aliphatic carbocycles. The number of aromatic nitrogens is 2. The second-order valence-corrected chi connectivity index (χ2v) is 19.1. The lowest BCUT2D eigenvalue weighted by molar-refractivity contribution is 0.647. The molecule has 0 radical (unpaired) electrons. The molecule has 2 aromatic heterocycles. The molecule has 282 valence electrons. The van der Waals surface area contributed by atoms with Crippen LogP contribution in [0.2, 0.25) is 40.2 Å². The number of thiazole rings is 2. The van der Waals surface area contributed by atoms with Crippen LogP contribution in [-0.2, 0) is 25.3 Å². The van der Waals surface area contributed by atoms with E-state index in [2.05, 4.69) is 10.6 Å². The van der Waals surface area contributed by atoms with Gasteiger partial charge in [0.2, 0.25) is 0 Å². The Bertz CT molecular complexity index is 2560. The van der Waals surface area contributed by atoms with Gasteiger partial charge in [-0.1, -0.05) is 105 Å². The standard InChI is InChI=1S/C40H22Cl8N4S4/c41-21-1-17(2-22(42)9-21)37(49-29-15-35-31(13-33(29)53)51-39(55-35)19-5-25(45)11-26(46)6-19)38(18-3-23(43)10-24(44)4-18)50-30-16-36-32(14-34(30)54)52-40(56-36)20-7-27(47)12-28(48)8-20/h1-16,37-38,49-50,53-54H/p-2/t37-,38-/m1/s1. The lowest BCUT2D eigenvalue weighted by Gasteiger charge is -2.34. The summed E-state index contributed by atoms with van der Waals surface area (Å²) in [5.41, 5.74) is 5.95. The van der Waals surface area contributed by atoms with Gasteiger partial charge in [0.15, 0.2) is 0 Å². The molecule has 0 saturated heterocycles. The number of hydrogen-bond acceptors (Lipinski definition) is 8. The summed E-state index contributed by atoms with van der Waals surface area (Å²) in [4.78, 5) is 10.8. The molecule has 2 heterocycles. The molecule has 8 rings (SSSR count). The van der Waals surface area contributed by atoms with Crippen LogP contribution in [0.1, 0.15) is 23.2 Å². The fourth-order valence-electron chi connectivity index (χ4n) is 6.30. The average molecular weight is 969 g/mol. The van der Waals surface area contributed by atoms with Crippen molar-refractivity contribution in [3.63, 3.8) is 0 Å². The van der Waals surface area contributed by atoms with E-state index in [1.54, 1.807) is 24.3 Å². The van der Waals surface area contributed by atoms with E-state index in [9.17, 15) is 0 Å². The molecule has 0 unspecified atom stereocenters. The summed E-state index contributed by atoms with van der Waals surface area (Å²) < 4.78 is 1.79. The third-order valence-electron chi connectivity index (χ3n) is 8.64. The maximum absolute atomic E-state index is 6.65. The van der Waals surface area contributed by atoms with Gasteiger partial charge in [0.1, 0.15) is 10.0 Å². The van der Waals surface area contributed by atoms with Gasteiger partial charge in [0.25, 0.3) is 0 Å². The molecule has 8 aromatic rings. The van der Waals surface area contributed by atoms with E-state index in [0.717, 1.165) is 52.7 Å². The zero-order valence-electron chi connectivity index (χ0n) is 27.9. The first-order chi connectivity index (χ1) is 26.7. The van der Waals surface area contributed by atoms with Gasteiger partial charge in [-0.25, -0.2) is 9.97 Å². The van der Waals surface area contributed by atoms with Crippen molar-refractivity contribution in [3.8, 4) is 21.1 Å². The fourth-order valence-corrected chi connectivity index (χ4v) is 10.8. The number of halogens is 8. The molecule has 16 heteroatoms. The van der Waals surface area contributed by atoms with Crippen molar-refractivity contribution in [2.75, 3.05) is 10.6 Å². The summed E-state index contributed by atoms with van der Waals surface area (Å²) >= 11 is 66.9. The van der Waals surface area contributed by atoms with E-state index >= 15 is 0 Å². The lowest BCUT2D eigenvalue weighted by atomic mass is 9.92. The Morgan fingerprint density at radius 2 is 0.714 bits per heavy atom. The van der Waals surface area contributed by atoms with E-state index < -0.39 is 12.1 Å². The molecule has 2 N–H and O–H groups in total. The van der Waals surface area contributed by atoms with E-state index in [-0.39, 0.29) is 0 Å². The molecule has 0 bridgehead atoms. The largest absolute Gasteiger partial charge is 0.778 e. The average Bonchev–Trinajstić information content (AvgIpc) is 3.71. The summed E-state index contributed by atoms with van der Waals surface area (Å²) in [6.45, 7) is 0. The van der Waals surface area contributed by atoms with Crippen LogP contribution in [0.5, 0.6) is 0 Å². The Morgan fingerprint density at radius 1 is 0.411 bits per heavy atom. The number of hydrogen-bond donors (Lipinski definition) is 2. The first-order valence-corrected chi connectivity index (χ1v) is 21.8. The van der Waals surface area contributed by atoms with Crippen molar-refractivity contribution in [1.29, 1.82) is 0 Å². The summed E-state index contributed by atoms with van der Waals surface area (Å²) in [5.74, 6) is 0. The van der Waals surface area contributed by atoms with Gasteiger partial charge in [-0.3, -0.25) is 0 Å². The number of benzene rings is 6. The maximum atomic E-state index is 6.65. The van der Waals surface area contributed by atoms with Crippen molar-refractivity contribution in [1.82, 2.24) is 9.97 Å². The molecule has 6 aromatic carbocycles. The second kappa shape index (κ2) is 16.6. The van der Waals surface area contributed by atoms with Crippen molar-refractivity contribution < 1.29 is 0 Å². The highest BCUT2D eigenvalue weighted by Gasteiger charge is 2.28. The molecular formula is C40H20Cl8N4S4-2. The second-order valence-electron chi connectivity index (χ2n) is 12.6. The van der Waals surface area contributed by atoms with Crippen LogP contribution < -0.4 is 10.6 Å². The normalized spacial score (nSPS) is 12.6. The Hall–Kier alpha value is -2.54. The van der Waals surface area contributed by atoms with Crippen molar-refractivity contribution >= 4 is 173 Å². The van der Waals surface area contributed by atoms with Gasteiger partial charge in [-0.05, 0) is 96.1 Å². The zero-order valence-corrected chi connectivity index (χ0v) is 37.3. The highest BCUT2D eigenvalue weighted by atomic mass is 35.5. The van der Waals surface area contributed by atoms with Crippen LogP contribution in [0.15, 0.2) is 107 Å². The summed E-state index contributed by atoms with van der Waals surface area (Å²) in [6.07, 6.45) is 0. The van der Waals surface area contributed by atoms with Crippen LogP contribution in [0.4, 0.5) is 11.4 Å². The third-order valence-corrected chi connectivity index (χ3v) is 13.2. The molecule has 0 fully saturated rings. The van der Waals surface area contributed by atoms with Crippen molar-refractivity contribution in [3.05, 3.63) is 148 Å². The van der Waals surface area contributed by atoms with Gasteiger partial charge in [0.05, 0.1) is 32.5 Å². The van der Waals surface area contributed by atoms with E-state index in [0.29, 0.717) is 61.3 Å². The minimum atomic E-state index is -0.574. The smallest absolute Gasteiger partial charge is 0.124 e. The molecular weight excluding hydrogens is 948 g/mol. The Labute approximate surface area is 380 Å². The first kappa shape index (κ1) is 40.2. The fraction of sp³-hybridized carbons (Fsp3) is 0.0500. The Kier molecular flexibility index (Phi) is 11.9. The molecule has 0 amide bonds. The van der Waals surface area contributed by atoms with Crippen LogP contribution in [-0.4, -0.2) is 9.97 Å². The predicted octanol–water partition coefficient (Wildman–Crippen LogP) is 16.3. The summed E-state index contributed by atoms with van der Waals surface area (Å²) in [6, 6.07) is 28.0. The van der Waals surface area contributed by atoms with Crippen molar-refractivity contribution in [2.45, 2.75) is 21.9 Å². The van der Waals surface area contributed by atoms with Crippen LogP contribution in [0, 0.1) is 0 Å². The van der Waals surface area contributed by atoms with Crippen molar-refractivity contribution in [2.24, 2.45) is 0 Å². The summed E-state index contributed by atoms with van der Waals surface area (Å²) in [7, 11) is 0. The third kappa shape index (κ3) is 8.88. The first-order valence-electron chi connectivity index (χ1n) is 16.4. The topological polar surface area (TPSA) is 49.8 Å². The zero-order chi connectivity index (χ0) is 39.4. The number of fused-ring (bicyclic) bond motifs is 2. The Morgan fingerprint density at radius 3 is 1.04 bits per heavy atom. The van der Waals surface area contributed by atoms with Crippen LogP contribution in [0.25, 0.3) is 41.6 Å². The number of nitrogens with one attached hydrogen (secondary N) is 2. The lowest BCUT2D eigenvalue weighted by Crippen LogP contribution is -2.26. The highest BCUT2D eigenvalue weighted by molar-refractivity contribution is 7.59. The van der Waals surface area contributed by atoms with Gasteiger partial charge < -0.3 is 35.9 Å². The molecule has 2 atom stereocenters. The van der Waals surface area contributed by atoms with Gasteiger partial charge in [-0.15, -0.1) is 32.5 Å². The molecule has 0 aliphatic rings.